The Hall–Kier alpha value is -2.51. The molecular weight excluding hydrogens is 406 g/mol. The second kappa shape index (κ2) is 8.20. The van der Waals surface area contributed by atoms with Crippen LogP contribution in [-0.4, -0.2) is 59.5 Å². The van der Waals surface area contributed by atoms with E-state index in [1.54, 1.807) is 24.7 Å². The SMILES string of the molecule is CNC(=O)C1(N(C)C2CCN(c3ncnc4scc(-c5ccccc5)c34)CC2)CCC1. The van der Waals surface area contributed by atoms with Crippen LogP contribution >= 0.6 is 11.3 Å². The van der Waals surface area contributed by atoms with Crippen LogP contribution in [0.5, 0.6) is 0 Å². The Morgan fingerprint density at radius 2 is 1.94 bits per heavy atom. The summed E-state index contributed by atoms with van der Waals surface area (Å²) in [5.41, 5.74) is 2.11. The highest BCUT2D eigenvalue weighted by Gasteiger charge is 2.49. The Bertz CT molecular complexity index is 1070. The summed E-state index contributed by atoms with van der Waals surface area (Å²) in [4.78, 5) is 27.7. The van der Waals surface area contributed by atoms with E-state index in [-0.39, 0.29) is 11.4 Å². The van der Waals surface area contributed by atoms with Crippen LogP contribution in [0.2, 0.25) is 0 Å². The highest BCUT2D eigenvalue weighted by atomic mass is 32.1. The Kier molecular flexibility index (Phi) is 5.40. The third kappa shape index (κ3) is 3.40. The number of fused-ring (bicyclic) bond motifs is 1. The van der Waals surface area contributed by atoms with E-state index < -0.39 is 0 Å². The number of likely N-dealkylation sites (N-methyl/N-ethyl adjacent to an activating group) is 2. The van der Waals surface area contributed by atoms with Gasteiger partial charge in [-0.25, -0.2) is 9.97 Å². The van der Waals surface area contributed by atoms with Gasteiger partial charge in [-0.1, -0.05) is 30.3 Å². The van der Waals surface area contributed by atoms with E-state index >= 15 is 0 Å². The number of amides is 1. The van der Waals surface area contributed by atoms with Gasteiger partial charge in [0.25, 0.3) is 0 Å². The number of thiophene rings is 1. The second-order valence-corrected chi connectivity index (χ2v) is 9.54. The third-order valence-corrected chi connectivity index (χ3v) is 8.14. The molecule has 31 heavy (non-hydrogen) atoms. The molecule has 2 aliphatic rings. The maximum Gasteiger partial charge on any atom is 0.240 e. The third-order valence-electron chi connectivity index (χ3n) is 7.25. The molecule has 3 heterocycles. The van der Waals surface area contributed by atoms with E-state index in [1.807, 2.05) is 6.07 Å². The molecule has 0 unspecified atom stereocenters. The van der Waals surface area contributed by atoms with Crippen LogP contribution in [-0.2, 0) is 4.79 Å². The van der Waals surface area contributed by atoms with Crippen molar-refractivity contribution in [1.29, 1.82) is 0 Å². The normalized spacial score (nSPS) is 18.9. The molecule has 1 saturated heterocycles. The van der Waals surface area contributed by atoms with E-state index in [2.05, 4.69) is 56.8 Å². The van der Waals surface area contributed by atoms with Crippen molar-refractivity contribution in [3.63, 3.8) is 0 Å². The first kappa shape index (κ1) is 20.4. The van der Waals surface area contributed by atoms with Crippen molar-refractivity contribution in [3.8, 4) is 11.1 Å². The van der Waals surface area contributed by atoms with Crippen LogP contribution in [0.3, 0.4) is 0 Å². The maximum absolute atomic E-state index is 12.6. The first-order chi connectivity index (χ1) is 15.1. The first-order valence-corrected chi connectivity index (χ1v) is 12.0. The summed E-state index contributed by atoms with van der Waals surface area (Å²) in [6, 6.07) is 10.9. The summed E-state index contributed by atoms with van der Waals surface area (Å²) >= 11 is 1.68. The summed E-state index contributed by atoms with van der Waals surface area (Å²) in [7, 11) is 3.90. The molecule has 0 spiro atoms. The molecule has 6 nitrogen and oxygen atoms in total. The first-order valence-electron chi connectivity index (χ1n) is 11.1. The fourth-order valence-corrected chi connectivity index (χ4v) is 6.14. The number of rotatable bonds is 5. The van der Waals surface area contributed by atoms with Crippen molar-refractivity contribution in [2.45, 2.75) is 43.7 Å². The lowest BCUT2D eigenvalue weighted by Crippen LogP contribution is -2.64. The van der Waals surface area contributed by atoms with E-state index in [1.165, 1.54) is 11.1 Å². The molecule has 1 aliphatic carbocycles. The minimum absolute atomic E-state index is 0.173. The topological polar surface area (TPSA) is 61.4 Å². The second-order valence-electron chi connectivity index (χ2n) is 8.69. The molecule has 1 saturated carbocycles. The number of carbonyl (C=O) groups excluding carboxylic acids is 1. The molecule has 2 aromatic heterocycles. The van der Waals surface area contributed by atoms with Gasteiger partial charge in [0.2, 0.25) is 5.91 Å². The monoisotopic (exact) mass is 435 g/mol. The standard InChI is InChI=1S/C24H29N5OS/c1-25-23(30)24(11-6-12-24)28(2)18-9-13-29(14-10-18)21-20-19(17-7-4-3-5-8-17)15-31-22(20)27-16-26-21/h3-5,7-8,15-16,18H,6,9-14H2,1-2H3,(H,25,30). The Morgan fingerprint density at radius 3 is 2.58 bits per heavy atom. The number of nitrogens with zero attached hydrogens (tertiary/aromatic N) is 4. The van der Waals surface area contributed by atoms with Crippen molar-refractivity contribution in [3.05, 3.63) is 42.0 Å². The van der Waals surface area contributed by atoms with Crippen molar-refractivity contribution in [1.82, 2.24) is 20.2 Å². The van der Waals surface area contributed by atoms with Gasteiger partial charge < -0.3 is 10.2 Å². The van der Waals surface area contributed by atoms with Gasteiger partial charge in [0.15, 0.2) is 0 Å². The van der Waals surface area contributed by atoms with Crippen LogP contribution in [0.1, 0.15) is 32.1 Å². The number of anilines is 1. The summed E-state index contributed by atoms with van der Waals surface area (Å²) < 4.78 is 0. The number of hydrogen-bond donors (Lipinski definition) is 1. The summed E-state index contributed by atoms with van der Waals surface area (Å²) in [5, 5.41) is 6.25. The van der Waals surface area contributed by atoms with Gasteiger partial charge in [0.1, 0.15) is 22.5 Å². The van der Waals surface area contributed by atoms with Gasteiger partial charge in [0, 0.05) is 37.1 Å². The van der Waals surface area contributed by atoms with Gasteiger partial charge >= 0.3 is 0 Å². The minimum atomic E-state index is -0.308. The number of hydrogen-bond acceptors (Lipinski definition) is 6. The highest BCUT2D eigenvalue weighted by molar-refractivity contribution is 7.17. The van der Waals surface area contributed by atoms with Crippen LogP contribution in [0.15, 0.2) is 42.0 Å². The number of aromatic nitrogens is 2. The Morgan fingerprint density at radius 1 is 1.19 bits per heavy atom. The van der Waals surface area contributed by atoms with Crippen molar-refractivity contribution in [2.75, 3.05) is 32.1 Å². The molecule has 7 heteroatoms. The Labute approximate surface area is 187 Å². The van der Waals surface area contributed by atoms with Crippen molar-refractivity contribution >= 4 is 33.3 Å². The predicted octanol–water partition coefficient (Wildman–Crippen LogP) is 3.93. The fourth-order valence-electron chi connectivity index (χ4n) is 5.23. The van der Waals surface area contributed by atoms with Gasteiger partial charge in [-0.15, -0.1) is 11.3 Å². The highest BCUT2D eigenvalue weighted by Crippen LogP contribution is 2.41. The minimum Gasteiger partial charge on any atom is -0.358 e. The van der Waals surface area contributed by atoms with Crippen LogP contribution in [0.25, 0.3) is 21.3 Å². The zero-order valence-electron chi connectivity index (χ0n) is 18.2. The van der Waals surface area contributed by atoms with Gasteiger partial charge in [-0.05, 0) is 44.7 Å². The van der Waals surface area contributed by atoms with Gasteiger partial charge in [-0.2, -0.15) is 0 Å². The zero-order valence-corrected chi connectivity index (χ0v) is 19.0. The lowest BCUT2D eigenvalue weighted by atomic mass is 9.73. The van der Waals surface area contributed by atoms with Crippen LogP contribution in [0.4, 0.5) is 5.82 Å². The fraction of sp³-hybridized carbons (Fsp3) is 0.458. The van der Waals surface area contributed by atoms with Gasteiger partial charge in [-0.3, -0.25) is 9.69 Å². The Balaban J connectivity index is 1.38. The molecule has 162 valence electrons. The number of benzene rings is 1. The van der Waals surface area contributed by atoms with Crippen LogP contribution in [0, 0.1) is 0 Å². The number of nitrogens with one attached hydrogen (secondary N) is 1. The van der Waals surface area contributed by atoms with Gasteiger partial charge in [0.05, 0.1) is 5.39 Å². The molecule has 2 fully saturated rings. The van der Waals surface area contributed by atoms with E-state index in [0.717, 1.165) is 61.2 Å². The maximum atomic E-state index is 12.6. The molecule has 1 amide bonds. The van der Waals surface area contributed by atoms with Crippen LogP contribution < -0.4 is 10.2 Å². The lowest BCUT2D eigenvalue weighted by molar-refractivity contribution is -0.140. The number of piperidine rings is 1. The van der Waals surface area contributed by atoms with E-state index in [4.69, 9.17) is 4.98 Å². The summed E-state index contributed by atoms with van der Waals surface area (Å²) in [5.74, 6) is 1.21. The molecule has 1 N–H and O–H groups in total. The average molecular weight is 436 g/mol. The van der Waals surface area contributed by atoms with Crippen molar-refractivity contribution < 1.29 is 4.79 Å². The largest absolute Gasteiger partial charge is 0.358 e. The molecule has 0 radical (unpaired) electrons. The summed E-state index contributed by atoms with van der Waals surface area (Å²) in [6.07, 6.45) is 6.82. The molecule has 5 rings (SSSR count). The predicted molar refractivity (Wildman–Crippen MR) is 126 cm³/mol. The molecule has 1 aliphatic heterocycles. The molecular formula is C24H29N5OS. The molecule has 1 aromatic carbocycles. The zero-order chi connectivity index (χ0) is 21.4. The number of carbonyl (C=O) groups is 1. The molecule has 3 aromatic rings. The lowest BCUT2D eigenvalue weighted by Gasteiger charge is -2.51. The molecule has 0 atom stereocenters. The quantitative estimate of drug-likeness (QED) is 0.658. The average Bonchev–Trinajstić information content (AvgIpc) is 3.23. The van der Waals surface area contributed by atoms with E-state index in [9.17, 15) is 4.79 Å². The van der Waals surface area contributed by atoms with E-state index in [0.29, 0.717) is 6.04 Å². The molecule has 0 bridgehead atoms. The van der Waals surface area contributed by atoms with Crippen molar-refractivity contribution in [2.24, 2.45) is 0 Å². The summed E-state index contributed by atoms with van der Waals surface area (Å²) in [6.45, 7) is 1.88. The smallest absolute Gasteiger partial charge is 0.240 e.